The zero-order valence-electron chi connectivity index (χ0n) is 10.8. The Morgan fingerprint density at radius 1 is 1.35 bits per heavy atom. The molecule has 5 nitrogen and oxygen atoms in total. The summed E-state index contributed by atoms with van der Waals surface area (Å²) in [6, 6.07) is 4.38. The summed E-state index contributed by atoms with van der Waals surface area (Å²) in [5.41, 5.74) is 0.0763. The van der Waals surface area contributed by atoms with E-state index in [1.165, 1.54) is 16.7 Å². The monoisotopic (exact) mass is 298 g/mol. The Bertz CT molecular complexity index is 807. The lowest BCUT2D eigenvalue weighted by molar-refractivity contribution is 0.505. The van der Waals surface area contributed by atoms with Crippen molar-refractivity contribution >= 4 is 20.9 Å². The summed E-state index contributed by atoms with van der Waals surface area (Å²) >= 11 is 0. The average Bonchev–Trinajstić information content (AvgIpc) is 2.69. The van der Waals surface area contributed by atoms with Gasteiger partial charge in [0.1, 0.15) is 11.3 Å². The van der Waals surface area contributed by atoms with Crippen LogP contribution in [0.3, 0.4) is 0 Å². The van der Waals surface area contributed by atoms with E-state index in [1.807, 2.05) is 0 Å². The molecule has 0 spiro atoms. The Kier molecular flexibility index (Phi) is 3.16. The zero-order chi connectivity index (χ0) is 14.3. The third-order valence-corrected chi connectivity index (χ3v) is 6.10. The second-order valence-corrected chi connectivity index (χ2v) is 7.56. The number of sulfone groups is 1. The molecule has 1 saturated heterocycles. The van der Waals surface area contributed by atoms with Crippen molar-refractivity contribution in [3.8, 4) is 0 Å². The molecule has 1 aliphatic rings. The van der Waals surface area contributed by atoms with E-state index in [0.717, 1.165) is 6.42 Å². The fourth-order valence-electron chi connectivity index (χ4n) is 2.78. The summed E-state index contributed by atoms with van der Waals surface area (Å²) in [5.74, 6) is -0.369. The molecule has 2 aromatic rings. The van der Waals surface area contributed by atoms with E-state index in [4.69, 9.17) is 0 Å². The van der Waals surface area contributed by atoms with E-state index in [-0.39, 0.29) is 17.8 Å². The fourth-order valence-corrected chi connectivity index (χ4v) is 4.62. The first-order valence-corrected chi connectivity index (χ1v) is 8.29. The molecule has 1 fully saturated rings. The van der Waals surface area contributed by atoms with Gasteiger partial charge in [-0.2, -0.15) is 0 Å². The lowest BCUT2D eigenvalue weighted by atomic mass is 10.2. The van der Waals surface area contributed by atoms with Crippen LogP contribution in [0.15, 0.2) is 23.0 Å². The number of imidazole rings is 1. The Balaban J connectivity index is 2.07. The lowest BCUT2D eigenvalue weighted by Gasteiger charge is -2.22. The van der Waals surface area contributed by atoms with Gasteiger partial charge in [0, 0.05) is 6.54 Å². The smallest absolute Gasteiger partial charge is 0.305 e. The van der Waals surface area contributed by atoms with Crippen molar-refractivity contribution in [2.45, 2.75) is 31.1 Å². The zero-order valence-corrected chi connectivity index (χ0v) is 11.6. The second kappa shape index (κ2) is 4.73. The quantitative estimate of drug-likeness (QED) is 0.912. The molecule has 20 heavy (non-hydrogen) atoms. The van der Waals surface area contributed by atoms with Gasteiger partial charge in [-0.1, -0.05) is 12.5 Å². The first-order chi connectivity index (χ1) is 9.49. The third-order valence-electron chi connectivity index (χ3n) is 3.84. The molecular formula is C13H15FN2O3S. The van der Waals surface area contributed by atoms with Crippen LogP contribution in [-0.2, 0) is 16.4 Å². The number of hydrogen-bond acceptors (Lipinski definition) is 3. The number of halogens is 1. The minimum Gasteiger partial charge on any atom is -0.305 e. The first-order valence-electron chi connectivity index (χ1n) is 6.57. The van der Waals surface area contributed by atoms with E-state index in [9.17, 15) is 17.6 Å². The van der Waals surface area contributed by atoms with E-state index < -0.39 is 26.6 Å². The number of H-pyrrole nitrogens is 1. The molecule has 1 aliphatic heterocycles. The highest BCUT2D eigenvalue weighted by Gasteiger charge is 2.30. The van der Waals surface area contributed by atoms with Crippen molar-refractivity contribution in [1.82, 2.24) is 9.55 Å². The summed E-state index contributed by atoms with van der Waals surface area (Å²) in [4.78, 5) is 14.5. The van der Waals surface area contributed by atoms with Crippen molar-refractivity contribution < 1.29 is 12.8 Å². The first kappa shape index (κ1) is 13.4. The number of benzene rings is 1. The molecule has 7 heteroatoms. The highest BCUT2D eigenvalue weighted by molar-refractivity contribution is 7.92. The van der Waals surface area contributed by atoms with Crippen LogP contribution in [0, 0.1) is 5.82 Å². The highest BCUT2D eigenvalue weighted by Crippen LogP contribution is 2.22. The van der Waals surface area contributed by atoms with Gasteiger partial charge < -0.3 is 4.98 Å². The Morgan fingerprint density at radius 3 is 2.90 bits per heavy atom. The van der Waals surface area contributed by atoms with E-state index >= 15 is 0 Å². The third kappa shape index (κ3) is 2.15. The number of nitrogens with zero attached hydrogens (tertiary/aromatic N) is 1. The normalized spacial score (nSPS) is 22.1. The predicted octanol–water partition coefficient (Wildman–Crippen LogP) is 1.44. The number of aromatic amines is 1. The van der Waals surface area contributed by atoms with Crippen LogP contribution in [-0.4, -0.2) is 29.0 Å². The maximum atomic E-state index is 13.9. The van der Waals surface area contributed by atoms with Gasteiger partial charge in [0.05, 0.1) is 16.5 Å². The van der Waals surface area contributed by atoms with Crippen LogP contribution in [0.25, 0.3) is 11.0 Å². The topological polar surface area (TPSA) is 71.9 Å². The second-order valence-electron chi connectivity index (χ2n) is 5.16. The highest BCUT2D eigenvalue weighted by atomic mass is 32.2. The van der Waals surface area contributed by atoms with Crippen LogP contribution in [0.1, 0.15) is 19.3 Å². The molecule has 0 saturated carbocycles. The van der Waals surface area contributed by atoms with Gasteiger partial charge >= 0.3 is 5.69 Å². The molecule has 0 bridgehead atoms. The molecule has 2 heterocycles. The number of hydrogen-bond donors (Lipinski definition) is 1. The van der Waals surface area contributed by atoms with Crippen molar-refractivity contribution in [1.29, 1.82) is 0 Å². The minimum absolute atomic E-state index is 0.0160. The van der Waals surface area contributed by atoms with E-state index in [1.54, 1.807) is 6.07 Å². The number of nitrogens with one attached hydrogen (secondary N) is 1. The van der Waals surface area contributed by atoms with Crippen LogP contribution in [0.2, 0.25) is 0 Å². The van der Waals surface area contributed by atoms with Crippen molar-refractivity contribution in [3.63, 3.8) is 0 Å². The van der Waals surface area contributed by atoms with Crippen molar-refractivity contribution in [2.75, 3.05) is 5.75 Å². The molecule has 1 unspecified atom stereocenters. The molecule has 1 aromatic carbocycles. The molecule has 1 N–H and O–H groups in total. The molecule has 1 aromatic heterocycles. The largest absolute Gasteiger partial charge is 0.326 e. The van der Waals surface area contributed by atoms with Gasteiger partial charge in [-0.15, -0.1) is 0 Å². The van der Waals surface area contributed by atoms with Crippen LogP contribution in [0.4, 0.5) is 4.39 Å². The van der Waals surface area contributed by atoms with Gasteiger partial charge in [-0.3, -0.25) is 4.57 Å². The fraction of sp³-hybridized carbons (Fsp3) is 0.462. The standard InChI is InChI=1S/C13H15FN2O3S/c14-10-5-3-6-11-12(10)16(13(17)15-11)8-9-4-1-2-7-20(9,18)19/h3,5-6,9H,1-2,4,7-8H2,(H,15,17). The van der Waals surface area contributed by atoms with Gasteiger partial charge in [0.2, 0.25) is 0 Å². The summed E-state index contributed by atoms with van der Waals surface area (Å²) in [6.45, 7) is 0.0160. The molecule has 0 amide bonds. The van der Waals surface area contributed by atoms with E-state index in [2.05, 4.69) is 4.98 Å². The van der Waals surface area contributed by atoms with Crippen LogP contribution in [0.5, 0.6) is 0 Å². The van der Waals surface area contributed by atoms with Gasteiger partial charge in [0.25, 0.3) is 0 Å². The molecular weight excluding hydrogens is 283 g/mol. The molecule has 0 radical (unpaired) electrons. The number of rotatable bonds is 2. The molecule has 1 atom stereocenters. The number of fused-ring (bicyclic) bond motifs is 1. The molecule has 108 valence electrons. The molecule has 3 rings (SSSR count). The number of para-hydroxylation sites is 1. The van der Waals surface area contributed by atoms with Gasteiger partial charge in [-0.25, -0.2) is 17.6 Å². The summed E-state index contributed by atoms with van der Waals surface area (Å²) in [5, 5.41) is -0.604. The maximum Gasteiger partial charge on any atom is 0.326 e. The Labute approximate surface area is 115 Å². The SMILES string of the molecule is O=c1[nH]c2cccc(F)c2n1CC1CCCCS1(=O)=O. The average molecular weight is 298 g/mol. The van der Waals surface area contributed by atoms with Gasteiger partial charge in [0.15, 0.2) is 9.84 Å². The van der Waals surface area contributed by atoms with Crippen molar-refractivity contribution in [2.24, 2.45) is 0 Å². The van der Waals surface area contributed by atoms with Crippen molar-refractivity contribution in [3.05, 3.63) is 34.5 Å². The van der Waals surface area contributed by atoms with Crippen LogP contribution >= 0.6 is 0 Å². The number of aromatic nitrogens is 2. The summed E-state index contributed by atoms with van der Waals surface area (Å²) in [6.07, 6.45) is 2.01. The predicted molar refractivity (Wildman–Crippen MR) is 73.9 cm³/mol. The molecule has 0 aliphatic carbocycles. The van der Waals surface area contributed by atoms with Gasteiger partial charge in [-0.05, 0) is 25.0 Å². The summed E-state index contributed by atoms with van der Waals surface area (Å²) in [7, 11) is -3.19. The van der Waals surface area contributed by atoms with Crippen LogP contribution < -0.4 is 5.69 Å². The van der Waals surface area contributed by atoms with E-state index in [0.29, 0.717) is 18.4 Å². The minimum atomic E-state index is -3.19. The Hall–Kier alpha value is -1.63. The Morgan fingerprint density at radius 2 is 2.15 bits per heavy atom. The summed E-state index contributed by atoms with van der Waals surface area (Å²) < 4.78 is 39.1. The lowest BCUT2D eigenvalue weighted by Crippen LogP contribution is -2.35. The maximum absolute atomic E-state index is 13.9.